The number of nitrogens with zero attached hydrogens (tertiary/aromatic N) is 2. The lowest BCUT2D eigenvalue weighted by Gasteiger charge is -1.99. The van der Waals surface area contributed by atoms with Gasteiger partial charge < -0.3 is 4.52 Å². The van der Waals surface area contributed by atoms with Crippen molar-refractivity contribution in [2.24, 2.45) is 0 Å². The van der Waals surface area contributed by atoms with Crippen molar-refractivity contribution in [2.75, 3.05) is 0 Å². The summed E-state index contributed by atoms with van der Waals surface area (Å²) in [5, 5.41) is 4.43. The van der Waals surface area contributed by atoms with Crippen LogP contribution in [-0.2, 0) is 6.42 Å². The molecular weight excluding hydrogens is 271 g/mol. The van der Waals surface area contributed by atoms with Gasteiger partial charge in [0.1, 0.15) is 0 Å². The summed E-state index contributed by atoms with van der Waals surface area (Å²) in [7, 11) is 0. The lowest BCUT2D eigenvalue weighted by molar-refractivity contribution is 0.378. The van der Waals surface area contributed by atoms with Gasteiger partial charge in [-0.1, -0.05) is 42.2 Å². The molecule has 0 N–H and O–H groups in total. The lowest BCUT2D eigenvalue weighted by Crippen LogP contribution is -1.94. The van der Waals surface area contributed by atoms with E-state index in [2.05, 4.69) is 17.1 Å². The van der Waals surface area contributed by atoms with Crippen LogP contribution in [0.5, 0.6) is 0 Å². The van der Waals surface area contributed by atoms with E-state index in [0.29, 0.717) is 23.2 Å². The normalized spacial score (nSPS) is 12.6. The Hall–Kier alpha value is -1.06. The number of hydrogen-bond acceptors (Lipinski definition) is 3. The lowest BCUT2D eigenvalue weighted by atomic mass is 10.1. The fraction of sp³-hybridized carbons (Fsp3) is 0.385. The van der Waals surface area contributed by atoms with Crippen LogP contribution in [0.2, 0.25) is 5.02 Å². The van der Waals surface area contributed by atoms with Gasteiger partial charge in [-0.2, -0.15) is 4.98 Å². The molecule has 5 heteroatoms. The van der Waals surface area contributed by atoms with Gasteiger partial charge in [0, 0.05) is 5.02 Å². The van der Waals surface area contributed by atoms with Gasteiger partial charge in [0.05, 0.1) is 11.8 Å². The first-order valence-corrected chi connectivity index (χ1v) is 6.71. The van der Waals surface area contributed by atoms with E-state index < -0.39 is 0 Å². The summed E-state index contributed by atoms with van der Waals surface area (Å²) in [6, 6.07) is 7.59. The smallest absolute Gasteiger partial charge is 0.231 e. The van der Waals surface area contributed by atoms with E-state index in [1.165, 1.54) is 0 Å². The van der Waals surface area contributed by atoms with Gasteiger partial charge in [-0.25, -0.2) is 0 Å². The van der Waals surface area contributed by atoms with Crippen molar-refractivity contribution in [1.82, 2.24) is 10.1 Å². The molecule has 0 amide bonds. The van der Waals surface area contributed by atoms with Crippen LogP contribution in [0.25, 0.3) is 0 Å². The van der Waals surface area contributed by atoms with Crippen molar-refractivity contribution >= 4 is 23.2 Å². The van der Waals surface area contributed by atoms with Crippen LogP contribution < -0.4 is 0 Å². The van der Waals surface area contributed by atoms with E-state index in [0.717, 1.165) is 18.4 Å². The monoisotopic (exact) mass is 284 g/mol. The van der Waals surface area contributed by atoms with Gasteiger partial charge in [-0.05, 0) is 24.1 Å². The number of hydrogen-bond donors (Lipinski definition) is 0. The maximum absolute atomic E-state index is 6.14. The summed E-state index contributed by atoms with van der Waals surface area (Å²) < 4.78 is 5.19. The summed E-state index contributed by atoms with van der Waals surface area (Å²) in [6.45, 7) is 2.07. The minimum absolute atomic E-state index is 0.174. The number of benzene rings is 1. The molecule has 2 aromatic rings. The maximum atomic E-state index is 6.14. The topological polar surface area (TPSA) is 38.9 Å². The number of aromatic nitrogens is 2. The minimum atomic E-state index is -0.174. The fourth-order valence-corrected chi connectivity index (χ4v) is 2.19. The molecule has 96 valence electrons. The van der Waals surface area contributed by atoms with Crippen molar-refractivity contribution in [3.05, 3.63) is 46.6 Å². The fourth-order valence-electron chi connectivity index (χ4n) is 1.67. The third-order valence-electron chi connectivity index (χ3n) is 2.55. The highest BCUT2D eigenvalue weighted by Crippen LogP contribution is 2.23. The van der Waals surface area contributed by atoms with E-state index in [9.17, 15) is 0 Å². The van der Waals surface area contributed by atoms with Gasteiger partial charge in [0.2, 0.25) is 5.89 Å². The highest BCUT2D eigenvalue weighted by molar-refractivity contribution is 6.30. The van der Waals surface area contributed by atoms with Crippen LogP contribution in [-0.4, -0.2) is 10.1 Å². The van der Waals surface area contributed by atoms with Crippen molar-refractivity contribution in [2.45, 2.75) is 31.6 Å². The average molecular weight is 285 g/mol. The van der Waals surface area contributed by atoms with Crippen molar-refractivity contribution in [3.63, 3.8) is 0 Å². The van der Waals surface area contributed by atoms with Crippen molar-refractivity contribution in [3.8, 4) is 0 Å². The Labute approximate surface area is 116 Å². The number of rotatable bonds is 5. The molecule has 0 radical (unpaired) electrons. The number of alkyl halides is 1. The van der Waals surface area contributed by atoms with Gasteiger partial charge >= 0.3 is 0 Å². The molecule has 1 heterocycles. The molecule has 0 aliphatic carbocycles. The molecule has 0 saturated heterocycles. The second-order valence-electron chi connectivity index (χ2n) is 4.11. The van der Waals surface area contributed by atoms with Crippen molar-refractivity contribution in [1.29, 1.82) is 0 Å². The highest BCUT2D eigenvalue weighted by atomic mass is 35.5. The highest BCUT2D eigenvalue weighted by Gasteiger charge is 2.15. The second-order valence-corrected chi connectivity index (χ2v) is 5.07. The molecule has 1 aromatic carbocycles. The molecule has 1 aromatic heterocycles. The zero-order chi connectivity index (χ0) is 13.0. The summed E-state index contributed by atoms with van der Waals surface area (Å²) in [5.74, 6) is 1.13. The first-order chi connectivity index (χ1) is 8.69. The first-order valence-electron chi connectivity index (χ1n) is 5.90. The van der Waals surface area contributed by atoms with Crippen molar-refractivity contribution < 1.29 is 4.52 Å². The summed E-state index contributed by atoms with van der Waals surface area (Å²) in [6.07, 6.45) is 2.41. The Bertz CT molecular complexity index is 513. The Morgan fingerprint density at radius 1 is 1.39 bits per heavy atom. The van der Waals surface area contributed by atoms with Gasteiger partial charge in [-0.15, -0.1) is 11.6 Å². The molecular formula is C13H14Cl2N2O. The van der Waals surface area contributed by atoms with Crippen LogP contribution in [0, 0.1) is 0 Å². The second kappa shape index (κ2) is 6.21. The Kier molecular flexibility index (Phi) is 4.61. The van der Waals surface area contributed by atoms with E-state index in [-0.39, 0.29) is 5.38 Å². The predicted molar refractivity (Wildman–Crippen MR) is 72.1 cm³/mol. The molecule has 3 nitrogen and oxygen atoms in total. The summed E-state index contributed by atoms with van der Waals surface area (Å²) in [4.78, 5) is 4.30. The molecule has 0 spiro atoms. The van der Waals surface area contributed by atoms with E-state index in [1.807, 2.05) is 24.3 Å². The molecule has 1 atom stereocenters. The average Bonchev–Trinajstić information content (AvgIpc) is 2.78. The third-order valence-corrected chi connectivity index (χ3v) is 3.20. The Balaban J connectivity index is 2.06. The molecule has 0 aliphatic heterocycles. The molecule has 2 rings (SSSR count). The molecule has 18 heavy (non-hydrogen) atoms. The molecule has 0 aliphatic rings. The maximum Gasteiger partial charge on any atom is 0.231 e. The molecule has 0 fully saturated rings. The standard InChI is InChI=1S/C13H14Cl2N2O/c1-2-4-11(15)13-16-12(18-17-13)8-9-5-3-6-10(14)7-9/h3,5-7,11H,2,4,8H2,1H3. The zero-order valence-corrected chi connectivity index (χ0v) is 11.6. The zero-order valence-electron chi connectivity index (χ0n) is 10.1. The van der Waals surface area contributed by atoms with E-state index >= 15 is 0 Å². The first kappa shape index (κ1) is 13.4. The summed E-state index contributed by atoms with van der Waals surface area (Å²) >= 11 is 12.1. The minimum Gasteiger partial charge on any atom is -0.339 e. The van der Waals surface area contributed by atoms with Gasteiger partial charge in [0.15, 0.2) is 5.82 Å². The molecule has 0 bridgehead atoms. The van der Waals surface area contributed by atoms with Crippen LogP contribution in [0.1, 0.15) is 42.4 Å². The van der Waals surface area contributed by atoms with E-state index in [1.54, 1.807) is 0 Å². The molecule has 0 saturated carbocycles. The predicted octanol–water partition coefficient (Wildman–Crippen LogP) is 4.39. The number of halogens is 2. The quantitative estimate of drug-likeness (QED) is 0.764. The Morgan fingerprint density at radius 2 is 2.22 bits per heavy atom. The summed E-state index contributed by atoms with van der Waals surface area (Å²) in [5.41, 5.74) is 1.04. The van der Waals surface area contributed by atoms with Gasteiger partial charge in [0.25, 0.3) is 0 Å². The van der Waals surface area contributed by atoms with Crippen LogP contribution in [0.15, 0.2) is 28.8 Å². The third kappa shape index (κ3) is 3.47. The van der Waals surface area contributed by atoms with Crippen LogP contribution in [0.3, 0.4) is 0 Å². The Morgan fingerprint density at radius 3 is 2.94 bits per heavy atom. The SMILES string of the molecule is CCCC(Cl)c1noc(Cc2cccc(Cl)c2)n1. The van der Waals surface area contributed by atoms with E-state index in [4.69, 9.17) is 27.7 Å². The molecule has 1 unspecified atom stereocenters. The van der Waals surface area contributed by atoms with Crippen LogP contribution >= 0.6 is 23.2 Å². The van der Waals surface area contributed by atoms with Gasteiger partial charge in [-0.3, -0.25) is 0 Å². The van der Waals surface area contributed by atoms with Crippen LogP contribution in [0.4, 0.5) is 0 Å². The largest absolute Gasteiger partial charge is 0.339 e.